The highest BCUT2D eigenvalue weighted by molar-refractivity contribution is 5.87. The van der Waals surface area contributed by atoms with E-state index < -0.39 is 29.6 Å². The molecule has 1 N–H and O–H groups in total. The molecule has 0 radical (unpaired) electrons. The smallest absolute Gasteiger partial charge is 0.310 e. The molecule has 0 saturated heterocycles. The third-order valence-electron chi connectivity index (χ3n) is 6.72. The third kappa shape index (κ3) is 3.89. The molecule has 1 aliphatic carbocycles. The average Bonchev–Trinajstić information content (AvgIpc) is 2.83. The van der Waals surface area contributed by atoms with Gasteiger partial charge < -0.3 is 9.84 Å². The molecule has 0 amide bonds. The van der Waals surface area contributed by atoms with Crippen molar-refractivity contribution in [2.24, 2.45) is 11.8 Å². The van der Waals surface area contributed by atoms with Crippen LogP contribution in [0.25, 0.3) is 10.8 Å². The van der Waals surface area contributed by atoms with Gasteiger partial charge in [-0.25, -0.2) is 0 Å². The third-order valence-corrected chi connectivity index (χ3v) is 6.72. The molecule has 0 bridgehead atoms. The van der Waals surface area contributed by atoms with Crippen molar-refractivity contribution >= 4 is 22.7 Å². The largest absolute Gasteiger partial charge is 0.481 e. The Morgan fingerprint density at radius 3 is 1.82 bits per heavy atom. The standard InChI is InChI=1S/C29H24O4/c30-28(31)26-24(20-11-3-1-4-12-20)27(25(26)21-13-5-2-6-14-21)29(32)33-18-22-16-9-15-19-10-7-8-17-23(19)22/h1-17,24-27H,18H2,(H,30,31)/t24-,25-,26?,27?/m0/s1. The zero-order valence-corrected chi connectivity index (χ0v) is 18.0. The number of benzene rings is 4. The molecule has 4 nitrogen and oxygen atoms in total. The first-order chi connectivity index (χ1) is 16.1. The second-order valence-electron chi connectivity index (χ2n) is 8.51. The van der Waals surface area contributed by atoms with Gasteiger partial charge in [-0.2, -0.15) is 0 Å². The zero-order chi connectivity index (χ0) is 22.8. The zero-order valence-electron chi connectivity index (χ0n) is 18.0. The van der Waals surface area contributed by atoms with Crippen molar-refractivity contribution in [1.29, 1.82) is 0 Å². The average molecular weight is 437 g/mol. The van der Waals surface area contributed by atoms with Gasteiger partial charge >= 0.3 is 11.9 Å². The molecule has 0 aliphatic heterocycles. The van der Waals surface area contributed by atoms with Gasteiger partial charge in [-0.15, -0.1) is 0 Å². The number of carboxylic acid groups (broad SMARTS) is 1. The van der Waals surface area contributed by atoms with E-state index in [4.69, 9.17) is 4.74 Å². The van der Waals surface area contributed by atoms with Crippen molar-refractivity contribution in [3.63, 3.8) is 0 Å². The molecule has 4 aromatic rings. The highest BCUT2D eigenvalue weighted by Gasteiger charge is 2.59. The van der Waals surface area contributed by atoms with Crippen molar-refractivity contribution < 1.29 is 19.4 Å². The van der Waals surface area contributed by atoms with Gasteiger partial charge in [0.05, 0.1) is 11.8 Å². The highest BCUT2D eigenvalue weighted by Crippen LogP contribution is 2.58. The number of carbonyl (C=O) groups excluding carboxylic acids is 1. The molecule has 0 spiro atoms. The highest BCUT2D eigenvalue weighted by atomic mass is 16.5. The normalized spacial score (nSPS) is 21.8. The number of carboxylic acids is 1. The van der Waals surface area contributed by atoms with Crippen LogP contribution in [0.4, 0.5) is 0 Å². The molecular formula is C29H24O4. The van der Waals surface area contributed by atoms with Gasteiger partial charge in [0.1, 0.15) is 6.61 Å². The first-order valence-corrected chi connectivity index (χ1v) is 11.1. The maximum Gasteiger partial charge on any atom is 0.310 e. The predicted octanol–water partition coefficient (Wildman–Crippen LogP) is 5.78. The number of ether oxygens (including phenoxy) is 1. The minimum Gasteiger partial charge on any atom is -0.481 e. The summed E-state index contributed by atoms with van der Waals surface area (Å²) in [6.07, 6.45) is 0. The van der Waals surface area contributed by atoms with E-state index in [1.165, 1.54) is 0 Å². The first kappa shape index (κ1) is 21.0. The van der Waals surface area contributed by atoms with E-state index in [0.29, 0.717) is 0 Å². The van der Waals surface area contributed by atoms with Crippen LogP contribution in [0.3, 0.4) is 0 Å². The summed E-state index contributed by atoms with van der Waals surface area (Å²) < 4.78 is 5.84. The van der Waals surface area contributed by atoms with Crippen LogP contribution in [0.2, 0.25) is 0 Å². The second-order valence-corrected chi connectivity index (χ2v) is 8.51. The Hall–Kier alpha value is -3.92. The molecule has 33 heavy (non-hydrogen) atoms. The summed E-state index contributed by atoms with van der Waals surface area (Å²) in [5.41, 5.74) is 2.64. The Morgan fingerprint density at radius 2 is 1.21 bits per heavy atom. The van der Waals surface area contributed by atoms with Crippen LogP contribution in [-0.2, 0) is 20.9 Å². The molecular weight excluding hydrogens is 412 g/mol. The fourth-order valence-corrected chi connectivity index (χ4v) is 5.19. The molecule has 1 fully saturated rings. The summed E-state index contributed by atoms with van der Waals surface area (Å²) in [7, 11) is 0. The van der Waals surface area contributed by atoms with Crippen LogP contribution in [0.1, 0.15) is 28.5 Å². The lowest BCUT2D eigenvalue weighted by Crippen LogP contribution is -2.51. The topological polar surface area (TPSA) is 63.6 Å². The maximum atomic E-state index is 13.5. The lowest BCUT2D eigenvalue weighted by Gasteiger charge is -2.49. The van der Waals surface area contributed by atoms with Gasteiger partial charge in [0.15, 0.2) is 0 Å². The summed E-state index contributed by atoms with van der Waals surface area (Å²) in [5.74, 6) is -3.38. The van der Waals surface area contributed by atoms with E-state index in [1.54, 1.807) is 0 Å². The number of rotatable bonds is 6. The number of hydrogen-bond donors (Lipinski definition) is 1. The van der Waals surface area contributed by atoms with Crippen LogP contribution in [-0.4, -0.2) is 17.0 Å². The summed E-state index contributed by atoms with van der Waals surface area (Å²) in [4.78, 5) is 25.7. The van der Waals surface area contributed by atoms with Crippen molar-refractivity contribution in [2.75, 3.05) is 0 Å². The Bertz CT molecular complexity index is 1230. The summed E-state index contributed by atoms with van der Waals surface area (Å²) in [6.45, 7) is 0.150. The van der Waals surface area contributed by atoms with E-state index in [2.05, 4.69) is 0 Å². The van der Waals surface area contributed by atoms with Gasteiger partial charge in [0.2, 0.25) is 0 Å². The van der Waals surface area contributed by atoms with Crippen molar-refractivity contribution in [2.45, 2.75) is 18.4 Å². The van der Waals surface area contributed by atoms with E-state index in [1.807, 2.05) is 103 Å². The Labute approximate surface area is 192 Å². The quantitative estimate of drug-likeness (QED) is 0.389. The molecule has 1 saturated carbocycles. The minimum absolute atomic E-state index is 0.150. The second kappa shape index (κ2) is 8.91. The Balaban J connectivity index is 1.47. The molecule has 0 aromatic heterocycles. The molecule has 0 heterocycles. The summed E-state index contributed by atoms with van der Waals surface area (Å²) in [5, 5.41) is 12.2. The lowest BCUT2D eigenvalue weighted by molar-refractivity contribution is -0.165. The van der Waals surface area contributed by atoms with Gasteiger partial charge in [-0.3, -0.25) is 9.59 Å². The molecule has 0 unspecified atom stereocenters. The Kier molecular flexibility index (Phi) is 5.66. The number of fused-ring (bicyclic) bond motifs is 1. The van der Waals surface area contributed by atoms with Crippen molar-refractivity contribution in [3.8, 4) is 0 Å². The van der Waals surface area contributed by atoms with Crippen LogP contribution < -0.4 is 0 Å². The maximum absolute atomic E-state index is 13.5. The van der Waals surface area contributed by atoms with E-state index in [-0.39, 0.29) is 12.6 Å². The first-order valence-electron chi connectivity index (χ1n) is 11.1. The van der Waals surface area contributed by atoms with Crippen LogP contribution in [0.5, 0.6) is 0 Å². The number of hydrogen-bond acceptors (Lipinski definition) is 3. The minimum atomic E-state index is -0.893. The van der Waals surface area contributed by atoms with Crippen LogP contribution in [0, 0.1) is 11.8 Å². The number of esters is 1. The van der Waals surface area contributed by atoms with Crippen molar-refractivity contribution in [1.82, 2.24) is 0 Å². The van der Waals surface area contributed by atoms with E-state index >= 15 is 0 Å². The van der Waals surface area contributed by atoms with E-state index in [0.717, 1.165) is 27.5 Å². The van der Waals surface area contributed by atoms with E-state index in [9.17, 15) is 14.7 Å². The Morgan fingerprint density at radius 1 is 0.667 bits per heavy atom. The SMILES string of the molecule is O=C(O)C1[C@H](c2ccccc2)C(C(=O)OCc2cccc3ccccc23)[C@H]1c1ccccc1. The summed E-state index contributed by atoms with van der Waals surface area (Å²) in [6, 6.07) is 32.8. The molecule has 5 rings (SSSR count). The van der Waals surface area contributed by atoms with Crippen LogP contribution >= 0.6 is 0 Å². The van der Waals surface area contributed by atoms with Crippen LogP contribution in [0.15, 0.2) is 103 Å². The summed E-state index contributed by atoms with van der Waals surface area (Å²) >= 11 is 0. The fraction of sp³-hybridized carbons (Fsp3) is 0.172. The molecule has 2 atom stereocenters. The van der Waals surface area contributed by atoms with Gasteiger partial charge in [-0.05, 0) is 27.5 Å². The predicted molar refractivity (Wildman–Crippen MR) is 127 cm³/mol. The van der Waals surface area contributed by atoms with Gasteiger partial charge in [0, 0.05) is 11.8 Å². The molecule has 4 aromatic carbocycles. The van der Waals surface area contributed by atoms with Crippen molar-refractivity contribution in [3.05, 3.63) is 120 Å². The fourth-order valence-electron chi connectivity index (χ4n) is 5.19. The van der Waals surface area contributed by atoms with Gasteiger partial charge in [-0.1, -0.05) is 103 Å². The molecule has 1 aliphatic rings. The monoisotopic (exact) mass is 436 g/mol. The molecule has 4 heteroatoms. The number of aliphatic carboxylic acids is 1. The lowest BCUT2D eigenvalue weighted by atomic mass is 9.52. The number of carbonyl (C=O) groups is 2. The molecule has 164 valence electrons. The van der Waals surface area contributed by atoms with Gasteiger partial charge in [0.25, 0.3) is 0 Å².